The molecule has 0 bridgehead atoms. The van der Waals surface area contributed by atoms with Gasteiger partial charge in [0.1, 0.15) is 0 Å². The minimum Gasteiger partial charge on any atom is -0.289 e. The molecule has 0 radical (unpaired) electrons. The molecule has 28 heavy (non-hydrogen) atoms. The lowest BCUT2D eigenvalue weighted by Crippen LogP contribution is -2.04. The first-order chi connectivity index (χ1) is 13.4. The van der Waals surface area contributed by atoms with E-state index in [4.69, 9.17) is 0 Å². The summed E-state index contributed by atoms with van der Waals surface area (Å²) in [6, 6.07) is 12.3. The normalized spacial score (nSPS) is 17.5. The van der Waals surface area contributed by atoms with Crippen molar-refractivity contribution in [2.75, 3.05) is 0 Å². The first-order valence-corrected chi connectivity index (χ1v) is 8.89. The van der Waals surface area contributed by atoms with E-state index in [-0.39, 0.29) is 17.2 Å². The van der Waals surface area contributed by atoms with Crippen molar-refractivity contribution in [2.45, 2.75) is 25.7 Å². The van der Waals surface area contributed by atoms with E-state index in [9.17, 15) is 25.0 Å². The number of allylic oxidation sites excluding steroid dienone is 2. The maximum absolute atomic E-state index is 13.0. The van der Waals surface area contributed by atoms with Gasteiger partial charge in [-0.2, -0.15) is 0 Å². The van der Waals surface area contributed by atoms with E-state index in [1.807, 2.05) is 0 Å². The molecule has 0 amide bonds. The number of ketones is 1. The molecule has 2 aromatic carbocycles. The summed E-state index contributed by atoms with van der Waals surface area (Å²) in [5.74, 6) is -0.115. The predicted octanol–water partition coefficient (Wildman–Crippen LogP) is 5.11. The maximum Gasteiger partial charge on any atom is 0.270 e. The SMILES string of the molecule is O=C1/C(=C\c2cccc([N+](=O)[O-])c2)CCCC/C1=C/c1cccc([N+](=O)[O-])c1. The average molecular weight is 378 g/mol. The second kappa shape index (κ2) is 8.39. The quantitative estimate of drug-likeness (QED) is 0.318. The predicted molar refractivity (Wildman–Crippen MR) is 106 cm³/mol. The summed E-state index contributed by atoms with van der Waals surface area (Å²) < 4.78 is 0. The summed E-state index contributed by atoms with van der Waals surface area (Å²) in [5, 5.41) is 21.9. The fraction of sp³-hybridized carbons (Fsp3) is 0.190. The van der Waals surface area contributed by atoms with Crippen molar-refractivity contribution in [3.63, 3.8) is 0 Å². The Morgan fingerprint density at radius 2 is 1.18 bits per heavy atom. The van der Waals surface area contributed by atoms with Gasteiger partial charge in [0.05, 0.1) is 9.85 Å². The van der Waals surface area contributed by atoms with E-state index < -0.39 is 9.85 Å². The number of nitrogens with zero attached hydrogens (tertiary/aromatic N) is 2. The largest absolute Gasteiger partial charge is 0.289 e. The molecular weight excluding hydrogens is 360 g/mol. The fourth-order valence-corrected chi connectivity index (χ4v) is 3.20. The van der Waals surface area contributed by atoms with Crippen molar-refractivity contribution in [3.8, 4) is 0 Å². The molecule has 2 aromatic rings. The number of Topliss-reactive ketones (excluding diaryl/α,β-unsaturated/α-hetero) is 1. The Balaban J connectivity index is 1.94. The molecular formula is C21H18N2O5. The molecule has 0 aliphatic heterocycles. The zero-order valence-electron chi connectivity index (χ0n) is 15.0. The number of rotatable bonds is 4. The van der Waals surface area contributed by atoms with E-state index in [1.165, 1.54) is 24.3 Å². The number of benzene rings is 2. The van der Waals surface area contributed by atoms with Crippen molar-refractivity contribution in [1.82, 2.24) is 0 Å². The topological polar surface area (TPSA) is 103 Å². The van der Waals surface area contributed by atoms with Crippen LogP contribution in [0.25, 0.3) is 12.2 Å². The highest BCUT2D eigenvalue weighted by molar-refractivity contribution is 6.13. The number of carbonyl (C=O) groups excluding carboxylic acids is 1. The van der Waals surface area contributed by atoms with Gasteiger partial charge in [0.15, 0.2) is 5.78 Å². The van der Waals surface area contributed by atoms with Crippen LogP contribution >= 0.6 is 0 Å². The lowest BCUT2D eigenvalue weighted by molar-refractivity contribution is -0.385. The van der Waals surface area contributed by atoms with Crippen molar-refractivity contribution in [2.24, 2.45) is 0 Å². The third kappa shape index (κ3) is 4.56. The molecule has 7 nitrogen and oxygen atoms in total. The van der Waals surface area contributed by atoms with Crippen molar-refractivity contribution in [1.29, 1.82) is 0 Å². The van der Waals surface area contributed by atoms with Gasteiger partial charge in [0.2, 0.25) is 0 Å². The molecule has 1 aliphatic carbocycles. The minimum atomic E-state index is -0.468. The second-order valence-corrected chi connectivity index (χ2v) is 6.58. The highest BCUT2D eigenvalue weighted by Gasteiger charge is 2.19. The fourth-order valence-electron chi connectivity index (χ4n) is 3.20. The number of nitro benzene ring substituents is 2. The van der Waals surface area contributed by atoms with Crippen LogP contribution in [0.3, 0.4) is 0 Å². The summed E-state index contributed by atoms with van der Waals surface area (Å²) in [7, 11) is 0. The van der Waals surface area contributed by atoms with Gasteiger partial charge in [-0.15, -0.1) is 0 Å². The molecule has 0 atom stereocenters. The van der Waals surface area contributed by atoms with Gasteiger partial charge in [-0.3, -0.25) is 25.0 Å². The van der Waals surface area contributed by atoms with Gasteiger partial charge in [0, 0.05) is 35.4 Å². The van der Waals surface area contributed by atoms with E-state index in [0.29, 0.717) is 35.1 Å². The van der Waals surface area contributed by atoms with Crippen LogP contribution in [0.4, 0.5) is 11.4 Å². The molecule has 0 aromatic heterocycles. The number of non-ortho nitro benzene ring substituents is 2. The number of nitro groups is 2. The smallest absolute Gasteiger partial charge is 0.270 e. The monoisotopic (exact) mass is 378 g/mol. The Labute approximate surface area is 161 Å². The first-order valence-electron chi connectivity index (χ1n) is 8.89. The van der Waals surface area contributed by atoms with Crippen molar-refractivity contribution >= 4 is 29.3 Å². The van der Waals surface area contributed by atoms with E-state index in [2.05, 4.69) is 0 Å². The molecule has 1 aliphatic rings. The zero-order chi connectivity index (χ0) is 20.1. The van der Waals surface area contributed by atoms with E-state index >= 15 is 0 Å². The Bertz CT molecular complexity index is 928. The lowest BCUT2D eigenvalue weighted by atomic mass is 9.97. The third-order valence-electron chi connectivity index (χ3n) is 4.57. The van der Waals surface area contributed by atoms with Crippen LogP contribution in [0.15, 0.2) is 59.7 Å². The number of hydrogen-bond donors (Lipinski definition) is 0. The third-order valence-corrected chi connectivity index (χ3v) is 4.57. The summed E-state index contributed by atoms with van der Waals surface area (Å²) in [6.07, 6.45) is 6.24. The van der Waals surface area contributed by atoms with Crippen LogP contribution in [-0.2, 0) is 4.79 Å². The average Bonchev–Trinajstić information content (AvgIpc) is 2.84. The summed E-state index contributed by atoms with van der Waals surface area (Å²) in [5.41, 5.74) is 2.35. The molecule has 142 valence electrons. The zero-order valence-corrected chi connectivity index (χ0v) is 15.0. The van der Waals surface area contributed by atoms with Gasteiger partial charge in [-0.25, -0.2) is 0 Å². The van der Waals surface area contributed by atoms with Gasteiger partial charge < -0.3 is 0 Å². The van der Waals surface area contributed by atoms with Gasteiger partial charge in [-0.05, 0) is 49.0 Å². The van der Waals surface area contributed by atoms with Crippen LogP contribution in [-0.4, -0.2) is 15.6 Å². The Morgan fingerprint density at radius 3 is 1.57 bits per heavy atom. The molecule has 0 saturated heterocycles. The Morgan fingerprint density at radius 1 is 0.750 bits per heavy atom. The molecule has 0 N–H and O–H groups in total. The first kappa shape index (κ1) is 19.2. The van der Waals surface area contributed by atoms with Crippen LogP contribution in [0.1, 0.15) is 36.8 Å². The van der Waals surface area contributed by atoms with Gasteiger partial charge in [-0.1, -0.05) is 24.3 Å². The molecule has 0 unspecified atom stereocenters. The van der Waals surface area contributed by atoms with Crippen molar-refractivity contribution < 1.29 is 14.6 Å². The van der Waals surface area contributed by atoms with Crippen LogP contribution < -0.4 is 0 Å². The Hall–Kier alpha value is -3.61. The van der Waals surface area contributed by atoms with Gasteiger partial charge in [0.25, 0.3) is 11.4 Å². The molecule has 0 heterocycles. The molecule has 3 rings (SSSR count). The molecule has 1 fully saturated rings. The highest BCUT2D eigenvalue weighted by Crippen LogP contribution is 2.28. The van der Waals surface area contributed by atoms with Crippen molar-refractivity contribution in [3.05, 3.63) is 91.0 Å². The molecule has 0 spiro atoms. The maximum atomic E-state index is 13.0. The van der Waals surface area contributed by atoms with Crippen LogP contribution in [0.2, 0.25) is 0 Å². The van der Waals surface area contributed by atoms with Gasteiger partial charge >= 0.3 is 0 Å². The molecule has 1 saturated carbocycles. The standard InChI is InChI=1S/C21H18N2O5/c24-21-17(11-15-5-3-9-19(13-15)22(25)26)7-1-2-8-18(21)12-16-6-4-10-20(14-16)23(27)28/h3-6,9-14H,1-2,7-8H2/b17-11-,18-12-. The van der Waals surface area contributed by atoms with Crippen LogP contribution in [0.5, 0.6) is 0 Å². The van der Waals surface area contributed by atoms with E-state index in [1.54, 1.807) is 36.4 Å². The summed E-state index contributed by atoms with van der Waals surface area (Å²) in [4.78, 5) is 34.0. The van der Waals surface area contributed by atoms with E-state index in [0.717, 1.165) is 12.8 Å². The minimum absolute atomic E-state index is 0.0252. The second-order valence-electron chi connectivity index (χ2n) is 6.58. The summed E-state index contributed by atoms with van der Waals surface area (Å²) >= 11 is 0. The lowest BCUT2D eigenvalue weighted by Gasteiger charge is -2.06. The number of carbonyl (C=O) groups is 1. The Kier molecular flexibility index (Phi) is 5.74. The highest BCUT2D eigenvalue weighted by atomic mass is 16.6. The molecule has 7 heteroatoms. The number of hydrogen-bond acceptors (Lipinski definition) is 5. The summed E-state index contributed by atoms with van der Waals surface area (Å²) in [6.45, 7) is 0. The van der Waals surface area contributed by atoms with Crippen LogP contribution in [0, 0.1) is 20.2 Å².